The molecule has 19 heavy (non-hydrogen) atoms. The van der Waals surface area contributed by atoms with E-state index in [-0.39, 0.29) is 0 Å². The summed E-state index contributed by atoms with van der Waals surface area (Å²) >= 11 is 1.32. The van der Waals surface area contributed by atoms with Gasteiger partial charge >= 0.3 is 0 Å². The van der Waals surface area contributed by atoms with Crippen molar-refractivity contribution >= 4 is 21.4 Å². The molecule has 0 aromatic carbocycles. The van der Waals surface area contributed by atoms with Gasteiger partial charge in [0.25, 0.3) is 10.0 Å². The zero-order chi connectivity index (χ0) is 14.3. The third-order valence-corrected chi connectivity index (χ3v) is 6.08. The van der Waals surface area contributed by atoms with Crippen molar-refractivity contribution in [2.24, 2.45) is 0 Å². The van der Waals surface area contributed by atoms with E-state index in [0.29, 0.717) is 30.3 Å². The molecule has 5 nitrogen and oxygen atoms in total. The van der Waals surface area contributed by atoms with Crippen LogP contribution in [0.3, 0.4) is 0 Å². The Morgan fingerprint density at radius 2 is 2.16 bits per heavy atom. The molecular weight excluding hydrogens is 284 g/mol. The maximum absolute atomic E-state index is 12.3. The summed E-state index contributed by atoms with van der Waals surface area (Å²) in [6.07, 6.45) is 0.696. The molecule has 7 heteroatoms. The van der Waals surface area contributed by atoms with Crippen LogP contribution in [0.5, 0.6) is 0 Å². The van der Waals surface area contributed by atoms with E-state index in [0.717, 1.165) is 11.4 Å². The lowest BCUT2D eigenvalue weighted by Gasteiger charge is -2.15. The molecule has 0 aliphatic rings. The number of hydrogen-bond donors (Lipinski definition) is 1. The fraction of sp³-hybridized carbons (Fsp3) is 0.667. The van der Waals surface area contributed by atoms with Crippen molar-refractivity contribution in [1.29, 1.82) is 0 Å². The molecule has 0 saturated carbocycles. The third-order valence-electron chi connectivity index (χ3n) is 2.67. The largest absolute Gasteiger partial charge is 0.385 e. The Bertz CT molecular complexity index is 471. The Balaban J connectivity index is 2.68. The van der Waals surface area contributed by atoms with E-state index in [1.165, 1.54) is 15.6 Å². The first-order valence-corrected chi connectivity index (χ1v) is 8.52. The van der Waals surface area contributed by atoms with Crippen molar-refractivity contribution in [3.8, 4) is 0 Å². The van der Waals surface area contributed by atoms with E-state index < -0.39 is 10.0 Å². The zero-order valence-electron chi connectivity index (χ0n) is 11.7. The zero-order valence-corrected chi connectivity index (χ0v) is 13.3. The van der Waals surface area contributed by atoms with Gasteiger partial charge in [-0.1, -0.05) is 6.92 Å². The number of hydrogen-bond acceptors (Lipinski definition) is 5. The van der Waals surface area contributed by atoms with Crippen LogP contribution >= 0.6 is 11.3 Å². The van der Waals surface area contributed by atoms with Gasteiger partial charge in [0, 0.05) is 38.7 Å². The Kier molecular flexibility index (Phi) is 6.95. The van der Waals surface area contributed by atoms with Gasteiger partial charge in [-0.2, -0.15) is 0 Å². The van der Waals surface area contributed by atoms with Crippen molar-refractivity contribution < 1.29 is 13.2 Å². The van der Waals surface area contributed by atoms with Crippen molar-refractivity contribution in [2.75, 3.05) is 33.9 Å². The quantitative estimate of drug-likeness (QED) is 0.703. The second-order valence-corrected chi connectivity index (χ2v) is 7.61. The van der Waals surface area contributed by atoms with Crippen molar-refractivity contribution in [3.63, 3.8) is 0 Å². The summed E-state index contributed by atoms with van der Waals surface area (Å²) < 4.78 is 31.3. The second kappa shape index (κ2) is 7.96. The number of rotatable bonds is 9. The molecule has 0 amide bonds. The average Bonchev–Trinajstić information content (AvgIpc) is 2.85. The average molecular weight is 306 g/mol. The van der Waals surface area contributed by atoms with E-state index >= 15 is 0 Å². The molecule has 1 aromatic rings. The molecule has 0 aliphatic carbocycles. The number of nitrogens with zero attached hydrogens (tertiary/aromatic N) is 1. The fourth-order valence-corrected chi connectivity index (χ4v) is 4.29. The summed E-state index contributed by atoms with van der Waals surface area (Å²) in [6.45, 7) is 4.64. The van der Waals surface area contributed by atoms with E-state index in [1.54, 1.807) is 20.2 Å². The first-order valence-electron chi connectivity index (χ1n) is 6.27. The second-order valence-electron chi connectivity index (χ2n) is 4.17. The number of thiophene rings is 1. The van der Waals surface area contributed by atoms with Gasteiger partial charge < -0.3 is 10.1 Å². The molecule has 1 aromatic heterocycles. The number of ether oxygens (including phenoxy) is 1. The smallest absolute Gasteiger partial charge is 0.252 e. The maximum Gasteiger partial charge on any atom is 0.252 e. The van der Waals surface area contributed by atoms with Crippen LogP contribution in [0.1, 0.15) is 18.2 Å². The highest BCUT2D eigenvalue weighted by atomic mass is 32.2. The molecule has 0 fully saturated rings. The summed E-state index contributed by atoms with van der Waals surface area (Å²) in [5.74, 6) is 0. The van der Waals surface area contributed by atoms with Crippen LogP contribution in [0.4, 0.5) is 0 Å². The van der Waals surface area contributed by atoms with Crippen LogP contribution in [0.15, 0.2) is 16.3 Å². The van der Waals surface area contributed by atoms with Gasteiger partial charge in [-0.25, -0.2) is 12.7 Å². The van der Waals surface area contributed by atoms with E-state index in [4.69, 9.17) is 4.74 Å². The molecule has 1 heterocycles. The van der Waals surface area contributed by atoms with Gasteiger partial charge in [-0.05, 0) is 25.1 Å². The van der Waals surface area contributed by atoms with Crippen LogP contribution < -0.4 is 5.32 Å². The summed E-state index contributed by atoms with van der Waals surface area (Å²) in [6, 6.07) is 3.54. The van der Waals surface area contributed by atoms with Crippen LogP contribution in [0.25, 0.3) is 0 Å². The monoisotopic (exact) mass is 306 g/mol. The minimum absolute atomic E-state index is 0.403. The standard InChI is InChI=1S/C12H22N2O3S2/c1-4-13-10-11-6-7-12(18-11)19(15,16)14(2)8-5-9-17-3/h6-7,13H,4-5,8-10H2,1-3H3. The lowest BCUT2D eigenvalue weighted by atomic mass is 10.4. The summed E-state index contributed by atoms with van der Waals surface area (Å²) in [4.78, 5) is 1.03. The van der Waals surface area contributed by atoms with Crippen LogP contribution in [0, 0.1) is 0 Å². The molecule has 0 atom stereocenters. The van der Waals surface area contributed by atoms with Gasteiger partial charge in [-0.15, -0.1) is 11.3 Å². The molecule has 0 unspecified atom stereocenters. The molecule has 0 saturated heterocycles. The van der Waals surface area contributed by atoms with Crippen molar-refractivity contribution in [2.45, 2.75) is 24.1 Å². The van der Waals surface area contributed by atoms with Gasteiger partial charge in [-0.3, -0.25) is 0 Å². The molecule has 110 valence electrons. The van der Waals surface area contributed by atoms with Gasteiger partial charge in [0.05, 0.1) is 0 Å². The third kappa shape index (κ3) is 4.85. The lowest BCUT2D eigenvalue weighted by Crippen LogP contribution is -2.28. The van der Waals surface area contributed by atoms with E-state index in [2.05, 4.69) is 5.32 Å². The van der Waals surface area contributed by atoms with Gasteiger partial charge in [0.2, 0.25) is 0 Å². The van der Waals surface area contributed by atoms with Crippen LogP contribution in [0.2, 0.25) is 0 Å². The molecule has 0 spiro atoms. The van der Waals surface area contributed by atoms with Crippen LogP contribution in [-0.4, -0.2) is 46.6 Å². The Labute approximate surface area is 119 Å². The Morgan fingerprint density at radius 1 is 1.42 bits per heavy atom. The topological polar surface area (TPSA) is 58.6 Å². The summed E-state index contributed by atoms with van der Waals surface area (Å²) in [7, 11) is -0.137. The SMILES string of the molecule is CCNCc1ccc(S(=O)(=O)N(C)CCCOC)s1. The number of sulfonamides is 1. The normalized spacial score (nSPS) is 12.2. The number of nitrogens with one attached hydrogen (secondary N) is 1. The summed E-state index contributed by atoms with van der Waals surface area (Å²) in [5, 5.41) is 3.19. The van der Waals surface area contributed by atoms with Crippen molar-refractivity contribution in [1.82, 2.24) is 9.62 Å². The molecule has 1 N–H and O–H groups in total. The number of methoxy groups -OCH3 is 1. The summed E-state index contributed by atoms with van der Waals surface area (Å²) in [5.41, 5.74) is 0. The van der Waals surface area contributed by atoms with E-state index in [1.807, 2.05) is 13.0 Å². The highest BCUT2D eigenvalue weighted by molar-refractivity contribution is 7.91. The highest BCUT2D eigenvalue weighted by Gasteiger charge is 2.22. The minimum Gasteiger partial charge on any atom is -0.385 e. The first kappa shape index (κ1) is 16.6. The minimum atomic E-state index is -3.36. The fourth-order valence-electron chi connectivity index (χ4n) is 1.55. The first-order chi connectivity index (χ1) is 9.02. The van der Waals surface area contributed by atoms with Gasteiger partial charge in [0.1, 0.15) is 4.21 Å². The molecule has 1 rings (SSSR count). The van der Waals surface area contributed by atoms with Crippen molar-refractivity contribution in [3.05, 3.63) is 17.0 Å². The molecule has 0 radical (unpaired) electrons. The molecule has 0 bridgehead atoms. The highest BCUT2D eigenvalue weighted by Crippen LogP contribution is 2.24. The predicted molar refractivity (Wildman–Crippen MR) is 78.0 cm³/mol. The van der Waals surface area contributed by atoms with Gasteiger partial charge in [0.15, 0.2) is 0 Å². The Hall–Kier alpha value is -0.470. The Morgan fingerprint density at radius 3 is 2.79 bits per heavy atom. The lowest BCUT2D eigenvalue weighted by molar-refractivity contribution is 0.189. The predicted octanol–water partition coefficient (Wildman–Crippen LogP) is 1.51. The maximum atomic E-state index is 12.3. The van der Waals surface area contributed by atoms with Crippen LogP contribution in [-0.2, 0) is 21.3 Å². The molecule has 0 aliphatic heterocycles. The molecular formula is C12H22N2O3S2. The van der Waals surface area contributed by atoms with E-state index in [9.17, 15) is 8.42 Å².